The minimum atomic E-state index is 0.971. The van der Waals surface area contributed by atoms with Crippen LogP contribution in [0, 0.1) is 13.8 Å². The largest absolute Gasteiger partial charge is 0.359 e. The molecule has 2 aromatic rings. The summed E-state index contributed by atoms with van der Waals surface area (Å²) in [5, 5.41) is 0. The highest BCUT2D eigenvalue weighted by Crippen LogP contribution is 2.19. The molecule has 0 fully saturated rings. The van der Waals surface area contributed by atoms with Crippen molar-refractivity contribution >= 4 is 21.7 Å². The Morgan fingerprint density at radius 1 is 1.16 bits per heavy atom. The second kappa shape index (κ2) is 6.20. The van der Waals surface area contributed by atoms with E-state index in [2.05, 4.69) is 77.0 Å². The molecule has 100 valence electrons. The molecular weight excluding hydrogens is 300 g/mol. The van der Waals surface area contributed by atoms with Gasteiger partial charge in [0.1, 0.15) is 5.82 Å². The topological polar surface area (TPSA) is 16.1 Å². The van der Waals surface area contributed by atoms with Gasteiger partial charge < -0.3 is 4.90 Å². The average Bonchev–Trinajstić information content (AvgIpc) is 2.37. The molecule has 0 atom stereocenters. The molecule has 0 N–H and O–H groups in total. The summed E-state index contributed by atoms with van der Waals surface area (Å²) in [6, 6.07) is 10.8. The van der Waals surface area contributed by atoms with Crippen molar-refractivity contribution < 1.29 is 0 Å². The molecule has 1 aromatic heterocycles. The molecular formula is C16H19BrN2. The Balaban J connectivity index is 2.01. The number of aromatic nitrogens is 1. The zero-order valence-corrected chi connectivity index (χ0v) is 13.2. The second-order valence-electron chi connectivity index (χ2n) is 4.95. The fourth-order valence-corrected chi connectivity index (χ4v) is 2.54. The first-order valence-electron chi connectivity index (χ1n) is 6.45. The zero-order valence-electron chi connectivity index (χ0n) is 11.7. The lowest BCUT2D eigenvalue weighted by atomic mass is 10.1. The van der Waals surface area contributed by atoms with Crippen molar-refractivity contribution in [3.63, 3.8) is 0 Å². The maximum atomic E-state index is 4.48. The standard InChI is InChI=1S/C16H19BrN2/c1-12-4-6-14(7-5-12)8-9-19(3)16-13(2)10-15(17)11-18-16/h4-7,10-11H,8-9H2,1-3H3. The number of aryl methyl sites for hydroxylation is 2. The molecule has 1 aromatic carbocycles. The number of benzene rings is 1. The normalized spacial score (nSPS) is 10.5. The van der Waals surface area contributed by atoms with Crippen LogP contribution in [-0.2, 0) is 6.42 Å². The molecule has 0 saturated carbocycles. The average molecular weight is 319 g/mol. The molecule has 0 radical (unpaired) electrons. The molecule has 0 aliphatic carbocycles. The van der Waals surface area contributed by atoms with Crippen molar-refractivity contribution in [2.75, 3.05) is 18.5 Å². The summed E-state index contributed by atoms with van der Waals surface area (Å²) in [6.07, 6.45) is 2.89. The molecule has 0 bridgehead atoms. The van der Waals surface area contributed by atoms with Crippen molar-refractivity contribution in [1.29, 1.82) is 0 Å². The fourth-order valence-electron chi connectivity index (χ4n) is 2.09. The summed E-state index contributed by atoms with van der Waals surface area (Å²) in [4.78, 5) is 6.69. The minimum absolute atomic E-state index is 0.971. The summed E-state index contributed by atoms with van der Waals surface area (Å²) < 4.78 is 1.03. The molecule has 0 saturated heterocycles. The summed E-state index contributed by atoms with van der Waals surface area (Å²) >= 11 is 3.45. The van der Waals surface area contributed by atoms with Crippen LogP contribution in [0.1, 0.15) is 16.7 Å². The third-order valence-corrected chi connectivity index (χ3v) is 3.67. The molecule has 0 aliphatic rings. The number of hydrogen-bond acceptors (Lipinski definition) is 2. The number of anilines is 1. The van der Waals surface area contributed by atoms with Gasteiger partial charge >= 0.3 is 0 Å². The van der Waals surface area contributed by atoms with E-state index in [0.29, 0.717) is 0 Å². The van der Waals surface area contributed by atoms with Crippen LogP contribution in [0.25, 0.3) is 0 Å². The van der Waals surface area contributed by atoms with Gasteiger partial charge in [-0.05, 0) is 53.4 Å². The number of nitrogens with zero attached hydrogens (tertiary/aromatic N) is 2. The third-order valence-electron chi connectivity index (χ3n) is 3.24. The van der Waals surface area contributed by atoms with E-state index in [0.717, 1.165) is 23.3 Å². The highest BCUT2D eigenvalue weighted by Gasteiger charge is 2.06. The molecule has 0 unspecified atom stereocenters. The Hall–Kier alpha value is -1.35. The van der Waals surface area contributed by atoms with Crippen LogP contribution in [-0.4, -0.2) is 18.6 Å². The molecule has 2 nitrogen and oxygen atoms in total. The van der Waals surface area contributed by atoms with E-state index in [4.69, 9.17) is 0 Å². The molecule has 3 heteroatoms. The summed E-state index contributed by atoms with van der Waals surface area (Å²) in [5.41, 5.74) is 3.87. The smallest absolute Gasteiger partial charge is 0.131 e. The highest BCUT2D eigenvalue weighted by molar-refractivity contribution is 9.10. The summed E-state index contributed by atoms with van der Waals surface area (Å²) in [6.45, 7) is 5.18. The van der Waals surface area contributed by atoms with E-state index < -0.39 is 0 Å². The SMILES string of the molecule is Cc1ccc(CCN(C)c2ncc(Br)cc2C)cc1. The molecule has 2 rings (SSSR count). The molecule has 19 heavy (non-hydrogen) atoms. The number of rotatable bonds is 4. The number of halogens is 1. The molecule has 0 aliphatic heterocycles. The number of likely N-dealkylation sites (N-methyl/N-ethyl adjacent to an activating group) is 1. The fraction of sp³-hybridized carbons (Fsp3) is 0.312. The van der Waals surface area contributed by atoms with Gasteiger partial charge in [-0.3, -0.25) is 0 Å². The van der Waals surface area contributed by atoms with Crippen LogP contribution in [0.2, 0.25) is 0 Å². The molecule has 0 spiro atoms. The van der Waals surface area contributed by atoms with Crippen LogP contribution >= 0.6 is 15.9 Å². The van der Waals surface area contributed by atoms with Gasteiger partial charge in [0.05, 0.1) is 0 Å². The van der Waals surface area contributed by atoms with E-state index in [9.17, 15) is 0 Å². The van der Waals surface area contributed by atoms with Gasteiger partial charge in [-0.1, -0.05) is 29.8 Å². The summed E-state index contributed by atoms with van der Waals surface area (Å²) in [5.74, 6) is 1.05. The Morgan fingerprint density at radius 3 is 2.47 bits per heavy atom. The first-order chi connectivity index (χ1) is 9.06. The first kappa shape index (κ1) is 14.1. The minimum Gasteiger partial charge on any atom is -0.359 e. The van der Waals surface area contributed by atoms with Gasteiger partial charge in [0.15, 0.2) is 0 Å². The maximum Gasteiger partial charge on any atom is 0.131 e. The summed E-state index contributed by atoms with van der Waals surface area (Å²) in [7, 11) is 2.09. The van der Waals surface area contributed by atoms with Crippen LogP contribution in [0.15, 0.2) is 41.0 Å². The van der Waals surface area contributed by atoms with Gasteiger partial charge in [0.25, 0.3) is 0 Å². The van der Waals surface area contributed by atoms with Gasteiger partial charge in [-0.25, -0.2) is 4.98 Å². The van der Waals surface area contributed by atoms with Crippen LogP contribution < -0.4 is 4.90 Å². The maximum absolute atomic E-state index is 4.48. The van der Waals surface area contributed by atoms with Gasteiger partial charge in [-0.15, -0.1) is 0 Å². The lowest BCUT2D eigenvalue weighted by Gasteiger charge is -2.20. The first-order valence-corrected chi connectivity index (χ1v) is 7.24. The number of pyridine rings is 1. The monoisotopic (exact) mass is 318 g/mol. The lowest BCUT2D eigenvalue weighted by molar-refractivity contribution is 0.854. The highest BCUT2D eigenvalue weighted by atomic mass is 79.9. The predicted molar refractivity (Wildman–Crippen MR) is 84.8 cm³/mol. The Labute approximate surface area is 123 Å². The number of hydrogen-bond donors (Lipinski definition) is 0. The van der Waals surface area contributed by atoms with E-state index >= 15 is 0 Å². The van der Waals surface area contributed by atoms with Crippen molar-refractivity contribution in [1.82, 2.24) is 4.98 Å². The second-order valence-corrected chi connectivity index (χ2v) is 5.87. The molecule has 1 heterocycles. The van der Waals surface area contributed by atoms with Gasteiger partial charge in [0.2, 0.25) is 0 Å². The van der Waals surface area contributed by atoms with Crippen LogP contribution in [0.3, 0.4) is 0 Å². The van der Waals surface area contributed by atoms with E-state index in [1.54, 1.807) is 0 Å². The van der Waals surface area contributed by atoms with Crippen molar-refractivity contribution in [3.05, 3.63) is 57.7 Å². The Morgan fingerprint density at radius 2 is 1.84 bits per heavy atom. The molecule has 0 amide bonds. The van der Waals surface area contributed by atoms with Crippen LogP contribution in [0.4, 0.5) is 5.82 Å². The van der Waals surface area contributed by atoms with Crippen LogP contribution in [0.5, 0.6) is 0 Å². The Kier molecular flexibility index (Phi) is 4.59. The van der Waals surface area contributed by atoms with E-state index in [1.807, 2.05) is 6.20 Å². The van der Waals surface area contributed by atoms with Crippen molar-refractivity contribution in [2.45, 2.75) is 20.3 Å². The Bertz CT molecular complexity index is 549. The predicted octanol–water partition coefficient (Wildman–Crippen LogP) is 4.14. The third kappa shape index (κ3) is 3.80. The van der Waals surface area contributed by atoms with E-state index in [1.165, 1.54) is 16.7 Å². The zero-order chi connectivity index (χ0) is 13.8. The van der Waals surface area contributed by atoms with Gasteiger partial charge in [0, 0.05) is 24.3 Å². The van der Waals surface area contributed by atoms with Crippen molar-refractivity contribution in [3.8, 4) is 0 Å². The quantitative estimate of drug-likeness (QED) is 0.842. The van der Waals surface area contributed by atoms with Crippen molar-refractivity contribution in [2.24, 2.45) is 0 Å². The van der Waals surface area contributed by atoms with Gasteiger partial charge in [-0.2, -0.15) is 0 Å². The lowest BCUT2D eigenvalue weighted by Crippen LogP contribution is -2.22. The van der Waals surface area contributed by atoms with E-state index in [-0.39, 0.29) is 0 Å².